The average Bonchev–Trinajstić information content (AvgIpc) is 2.61. The molecule has 1 aliphatic heterocycles. The van der Waals surface area contributed by atoms with Crippen molar-refractivity contribution in [1.29, 1.82) is 0 Å². The van der Waals surface area contributed by atoms with Crippen molar-refractivity contribution < 1.29 is 0 Å². The summed E-state index contributed by atoms with van der Waals surface area (Å²) in [5.41, 5.74) is 3.58. The summed E-state index contributed by atoms with van der Waals surface area (Å²) in [5, 5.41) is 3.36. The Morgan fingerprint density at radius 3 is 2.72 bits per heavy atom. The minimum atomic E-state index is 0.485. The lowest BCUT2D eigenvalue weighted by Crippen LogP contribution is -2.48. The van der Waals surface area contributed by atoms with Gasteiger partial charge < -0.3 is 15.2 Å². The Morgan fingerprint density at radius 1 is 1.33 bits per heavy atom. The normalized spacial score (nSPS) is 18.2. The van der Waals surface area contributed by atoms with E-state index in [1.807, 2.05) is 6.92 Å². The number of imidazole rings is 1. The quantitative estimate of drug-likeness (QED) is 0.863. The summed E-state index contributed by atoms with van der Waals surface area (Å²) in [6.45, 7) is 4.23. The number of nitrogens with one attached hydrogen (secondary N) is 2. The zero-order valence-corrected chi connectivity index (χ0v) is 11.2. The van der Waals surface area contributed by atoms with Crippen LogP contribution in [0, 0.1) is 12.8 Å². The van der Waals surface area contributed by atoms with Crippen LogP contribution in [-0.2, 0) is 0 Å². The van der Waals surface area contributed by atoms with E-state index in [-0.39, 0.29) is 0 Å². The van der Waals surface area contributed by atoms with Crippen LogP contribution in [0.3, 0.4) is 0 Å². The Morgan fingerprint density at radius 2 is 2.11 bits per heavy atom. The summed E-state index contributed by atoms with van der Waals surface area (Å²) >= 11 is 0. The number of rotatable bonds is 3. The molecule has 1 aromatic heterocycles. The molecule has 18 heavy (non-hydrogen) atoms. The molecule has 1 atom stereocenters. The van der Waals surface area contributed by atoms with Crippen LogP contribution in [0.2, 0.25) is 0 Å². The van der Waals surface area contributed by atoms with Gasteiger partial charge in [0.05, 0.1) is 11.0 Å². The number of aromatic nitrogens is 2. The molecule has 0 amide bonds. The standard InChI is InChI=1S/C14H20N4/c1-9-16-12-5-4-10(6-13(12)17-9)14(18(2)3)11-7-15-8-11/h4-6,11,14-15H,7-8H2,1-3H3,(H,16,17). The molecule has 0 bridgehead atoms. The first-order chi connectivity index (χ1) is 8.65. The van der Waals surface area contributed by atoms with Gasteiger partial charge in [0.25, 0.3) is 0 Å². The third kappa shape index (κ3) is 1.91. The lowest BCUT2D eigenvalue weighted by molar-refractivity contribution is 0.161. The summed E-state index contributed by atoms with van der Waals surface area (Å²) < 4.78 is 0. The number of fused-ring (bicyclic) bond motifs is 1. The first kappa shape index (κ1) is 11.7. The molecule has 0 saturated carbocycles. The van der Waals surface area contributed by atoms with Gasteiger partial charge in [-0.2, -0.15) is 0 Å². The molecule has 3 rings (SSSR count). The van der Waals surface area contributed by atoms with Gasteiger partial charge in [0.1, 0.15) is 5.82 Å². The Balaban J connectivity index is 1.99. The molecular formula is C14H20N4. The van der Waals surface area contributed by atoms with E-state index in [1.54, 1.807) is 0 Å². The molecule has 2 aromatic rings. The van der Waals surface area contributed by atoms with Crippen LogP contribution in [0.15, 0.2) is 18.2 Å². The molecule has 0 radical (unpaired) electrons. The highest BCUT2D eigenvalue weighted by molar-refractivity contribution is 5.76. The van der Waals surface area contributed by atoms with E-state index in [0.717, 1.165) is 29.9 Å². The second-order valence-corrected chi connectivity index (χ2v) is 5.43. The van der Waals surface area contributed by atoms with Gasteiger partial charge in [-0.3, -0.25) is 0 Å². The summed E-state index contributed by atoms with van der Waals surface area (Å²) in [6, 6.07) is 7.07. The molecule has 1 aliphatic rings. The molecule has 2 N–H and O–H groups in total. The average molecular weight is 244 g/mol. The van der Waals surface area contributed by atoms with Crippen LogP contribution < -0.4 is 5.32 Å². The van der Waals surface area contributed by atoms with Crippen LogP contribution in [0.1, 0.15) is 17.4 Å². The monoisotopic (exact) mass is 244 g/mol. The van der Waals surface area contributed by atoms with E-state index in [4.69, 9.17) is 0 Å². The molecule has 4 nitrogen and oxygen atoms in total. The van der Waals surface area contributed by atoms with Crippen LogP contribution in [0.4, 0.5) is 0 Å². The fraction of sp³-hybridized carbons (Fsp3) is 0.500. The minimum Gasteiger partial charge on any atom is -0.342 e. The molecule has 4 heteroatoms. The highest BCUT2D eigenvalue weighted by Crippen LogP contribution is 2.30. The number of hydrogen-bond acceptors (Lipinski definition) is 3. The lowest BCUT2D eigenvalue weighted by Gasteiger charge is -2.38. The third-order valence-corrected chi connectivity index (χ3v) is 3.78. The molecule has 2 heterocycles. The van der Waals surface area contributed by atoms with E-state index in [1.165, 1.54) is 5.56 Å². The minimum absolute atomic E-state index is 0.485. The van der Waals surface area contributed by atoms with Crippen LogP contribution >= 0.6 is 0 Å². The van der Waals surface area contributed by atoms with E-state index < -0.39 is 0 Å². The molecule has 1 aromatic carbocycles. The number of aryl methyl sites for hydroxylation is 1. The molecule has 96 valence electrons. The maximum Gasteiger partial charge on any atom is 0.104 e. The molecule has 1 saturated heterocycles. The van der Waals surface area contributed by atoms with Crippen molar-refractivity contribution in [2.45, 2.75) is 13.0 Å². The van der Waals surface area contributed by atoms with Crippen molar-refractivity contribution in [3.63, 3.8) is 0 Å². The van der Waals surface area contributed by atoms with Gasteiger partial charge >= 0.3 is 0 Å². The van der Waals surface area contributed by atoms with Crippen molar-refractivity contribution >= 4 is 11.0 Å². The van der Waals surface area contributed by atoms with E-state index in [9.17, 15) is 0 Å². The Bertz CT molecular complexity index is 554. The maximum atomic E-state index is 4.46. The molecule has 1 unspecified atom stereocenters. The van der Waals surface area contributed by atoms with Crippen molar-refractivity contribution in [2.24, 2.45) is 5.92 Å². The van der Waals surface area contributed by atoms with Crippen LogP contribution in [0.25, 0.3) is 11.0 Å². The van der Waals surface area contributed by atoms with Gasteiger partial charge in [-0.05, 0) is 38.7 Å². The third-order valence-electron chi connectivity index (χ3n) is 3.78. The molecule has 0 aliphatic carbocycles. The topological polar surface area (TPSA) is 44.0 Å². The van der Waals surface area contributed by atoms with Crippen molar-refractivity contribution in [2.75, 3.05) is 27.2 Å². The largest absolute Gasteiger partial charge is 0.342 e. The number of H-pyrrole nitrogens is 1. The number of benzene rings is 1. The van der Waals surface area contributed by atoms with Crippen molar-refractivity contribution in [3.05, 3.63) is 29.6 Å². The zero-order valence-electron chi connectivity index (χ0n) is 11.2. The first-order valence-electron chi connectivity index (χ1n) is 6.48. The summed E-state index contributed by atoms with van der Waals surface area (Å²) in [7, 11) is 4.32. The summed E-state index contributed by atoms with van der Waals surface area (Å²) in [6.07, 6.45) is 0. The van der Waals surface area contributed by atoms with E-state index >= 15 is 0 Å². The Kier molecular flexibility index (Phi) is 2.84. The maximum absolute atomic E-state index is 4.46. The number of nitrogens with zero attached hydrogens (tertiary/aromatic N) is 2. The number of hydrogen-bond donors (Lipinski definition) is 2. The van der Waals surface area contributed by atoms with Crippen molar-refractivity contribution in [1.82, 2.24) is 20.2 Å². The van der Waals surface area contributed by atoms with Gasteiger partial charge in [-0.15, -0.1) is 0 Å². The van der Waals surface area contributed by atoms with Gasteiger partial charge in [0.15, 0.2) is 0 Å². The highest BCUT2D eigenvalue weighted by atomic mass is 15.1. The van der Waals surface area contributed by atoms with Crippen LogP contribution in [0.5, 0.6) is 0 Å². The Labute approximate surface area is 107 Å². The fourth-order valence-electron chi connectivity index (χ4n) is 2.86. The van der Waals surface area contributed by atoms with E-state index in [0.29, 0.717) is 12.0 Å². The molecular weight excluding hydrogens is 224 g/mol. The molecule has 1 fully saturated rings. The number of aromatic amines is 1. The predicted molar refractivity (Wildman–Crippen MR) is 73.6 cm³/mol. The molecule has 0 spiro atoms. The SMILES string of the molecule is Cc1nc2ccc(C(C3CNC3)N(C)C)cc2[nH]1. The van der Waals surface area contributed by atoms with Gasteiger partial charge in [0.2, 0.25) is 0 Å². The Hall–Kier alpha value is -1.39. The first-order valence-corrected chi connectivity index (χ1v) is 6.48. The predicted octanol–water partition coefficient (Wildman–Crippen LogP) is 1.69. The fourth-order valence-corrected chi connectivity index (χ4v) is 2.86. The summed E-state index contributed by atoms with van der Waals surface area (Å²) in [4.78, 5) is 10.1. The van der Waals surface area contributed by atoms with Crippen molar-refractivity contribution in [3.8, 4) is 0 Å². The second-order valence-electron chi connectivity index (χ2n) is 5.43. The van der Waals surface area contributed by atoms with Gasteiger partial charge in [0, 0.05) is 25.0 Å². The smallest absolute Gasteiger partial charge is 0.104 e. The summed E-state index contributed by atoms with van der Waals surface area (Å²) in [5.74, 6) is 1.69. The van der Waals surface area contributed by atoms with Gasteiger partial charge in [-0.1, -0.05) is 6.07 Å². The van der Waals surface area contributed by atoms with Crippen LogP contribution in [-0.4, -0.2) is 42.1 Å². The zero-order chi connectivity index (χ0) is 12.7. The van der Waals surface area contributed by atoms with E-state index in [2.05, 4.69) is 52.5 Å². The lowest BCUT2D eigenvalue weighted by atomic mass is 9.87. The second kappa shape index (κ2) is 4.37. The highest BCUT2D eigenvalue weighted by Gasteiger charge is 2.29. The van der Waals surface area contributed by atoms with Gasteiger partial charge in [-0.25, -0.2) is 4.98 Å².